The summed E-state index contributed by atoms with van der Waals surface area (Å²) in [5.74, 6) is -0.739. The van der Waals surface area contributed by atoms with E-state index in [-0.39, 0.29) is 12.2 Å². The Kier molecular flexibility index (Phi) is 6.15. The molecule has 0 aromatic heterocycles. The number of nitrogens with zero attached hydrogens (tertiary/aromatic N) is 1. The van der Waals surface area contributed by atoms with Crippen molar-refractivity contribution < 1.29 is 14.3 Å². The van der Waals surface area contributed by atoms with E-state index < -0.39 is 11.8 Å². The summed E-state index contributed by atoms with van der Waals surface area (Å²) in [5, 5.41) is 12.4. The Morgan fingerprint density at radius 2 is 1.96 bits per heavy atom. The van der Waals surface area contributed by atoms with Crippen molar-refractivity contribution in [1.29, 1.82) is 5.26 Å². The van der Waals surface area contributed by atoms with Crippen molar-refractivity contribution >= 4 is 35.2 Å². The van der Waals surface area contributed by atoms with E-state index in [0.29, 0.717) is 22.0 Å². The first-order valence-electron chi connectivity index (χ1n) is 7.18. The van der Waals surface area contributed by atoms with Crippen LogP contribution < -0.4 is 15.8 Å². The summed E-state index contributed by atoms with van der Waals surface area (Å²) in [5.41, 5.74) is 6.04. The SMILES string of the molecule is N#C/C(=C/c1cccc(OCC(N)=O)c1)C(=O)Nc1ccc(Cl)cc1. The third kappa shape index (κ3) is 5.68. The molecule has 2 aromatic rings. The van der Waals surface area contributed by atoms with Crippen LogP contribution in [0.2, 0.25) is 5.02 Å². The number of rotatable bonds is 6. The molecule has 0 fully saturated rings. The zero-order valence-corrected chi connectivity index (χ0v) is 13.8. The second kappa shape index (κ2) is 8.52. The first-order chi connectivity index (χ1) is 12.0. The number of carbonyl (C=O) groups is 2. The second-order valence-electron chi connectivity index (χ2n) is 4.96. The van der Waals surface area contributed by atoms with E-state index >= 15 is 0 Å². The summed E-state index contributed by atoms with van der Waals surface area (Å²) >= 11 is 5.79. The lowest BCUT2D eigenvalue weighted by atomic mass is 10.1. The molecule has 0 radical (unpaired) electrons. The summed E-state index contributed by atoms with van der Waals surface area (Å²) < 4.78 is 5.19. The Bertz CT molecular complexity index is 855. The number of hydrogen-bond donors (Lipinski definition) is 2. The maximum Gasteiger partial charge on any atom is 0.266 e. The zero-order chi connectivity index (χ0) is 18.2. The second-order valence-corrected chi connectivity index (χ2v) is 5.39. The first-order valence-corrected chi connectivity index (χ1v) is 7.55. The van der Waals surface area contributed by atoms with Crippen LogP contribution in [0.25, 0.3) is 6.08 Å². The fraction of sp³-hybridized carbons (Fsp3) is 0.0556. The summed E-state index contributed by atoms with van der Waals surface area (Å²) in [7, 11) is 0. The summed E-state index contributed by atoms with van der Waals surface area (Å²) in [4.78, 5) is 23.0. The lowest BCUT2D eigenvalue weighted by molar-refractivity contribution is -0.120. The van der Waals surface area contributed by atoms with Gasteiger partial charge in [0.25, 0.3) is 11.8 Å². The minimum absolute atomic E-state index is 0.0815. The van der Waals surface area contributed by atoms with Crippen LogP contribution in [-0.2, 0) is 9.59 Å². The molecule has 0 aliphatic heterocycles. The molecule has 0 unspecified atom stereocenters. The molecule has 0 bridgehead atoms. The number of anilines is 1. The summed E-state index contributed by atoms with van der Waals surface area (Å²) in [6.45, 7) is -0.255. The topological polar surface area (TPSA) is 105 Å². The normalized spacial score (nSPS) is 10.6. The third-order valence-corrected chi connectivity index (χ3v) is 3.27. The van der Waals surface area contributed by atoms with Crippen molar-refractivity contribution in [1.82, 2.24) is 0 Å². The Labute approximate surface area is 149 Å². The van der Waals surface area contributed by atoms with Gasteiger partial charge in [-0.25, -0.2) is 0 Å². The molecule has 126 valence electrons. The van der Waals surface area contributed by atoms with Crippen molar-refractivity contribution in [2.24, 2.45) is 5.73 Å². The highest BCUT2D eigenvalue weighted by molar-refractivity contribution is 6.30. The maximum atomic E-state index is 12.2. The van der Waals surface area contributed by atoms with Gasteiger partial charge >= 0.3 is 0 Å². The van der Waals surface area contributed by atoms with Crippen molar-refractivity contribution in [3.63, 3.8) is 0 Å². The molecule has 6 nitrogen and oxygen atoms in total. The third-order valence-electron chi connectivity index (χ3n) is 3.02. The molecule has 0 saturated heterocycles. The van der Waals surface area contributed by atoms with Gasteiger partial charge in [0.1, 0.15) is 17.4 Å². The van der Waals surface area contributed by atoms with Crippen LogP contribution >= 0.6 is 11.6 Å². The van der Waals surface area contributed by atoms with Crippen LogP contribution in [0.4, 0.5) is 5.69 Å². The molecule has 2 amide bonds. The van der Waals surface area contributed by atoms with Gasteiger partial charge in [-0.15, -0.1) is 0 Å². The Hall–Kier alpha value is -3.30. The van der Waals surface area contributed by atoms with Gasteiger partial charge in [0, 0.05) is 10.7 Å². The number of halogens is 1. The predicted octanol–water partition coefficient (Wildman–Crippen LogP) is 2.75. The van der Waals surface area contributed by atoms with E-state index in [1.807, 2.05) is 6.07 Å². The average molecular weight is 356 g/mol. The molecule has 0 spiro atoms. The minimum Gasteiger partial charge on any atom is -0.484 e. The van der Waals surface area contributed by atoms with Crippen molar-refractivity contribution in [3.05, 3.63) is 64.7 Å². The highest BCUT2D eigenvalue weighted by Crippen LogP contribution is 2.17. The first kappa shape index (κ1) is 18.0. The monoisotopic (exact) mass is 355 g/mol. The molecule has 0 atom stereocenters. The van der Waals surface area contributed by atoms with Crippen LogP contribution in [0.1, 0.15) is 5.56 Å². The number of benzene rings is 2. The molecule has 2 aromatic carbocycles. The molecule has 7 heteroatoms. The number of nitriles is 1. The molecule has 0 aliphatic rings. The quantitative estimate of drug-likeness (QED) is 0.613. The molecule has 0 heterocycles. The minimum atomic E-state index is -0.596. The van der Waals surface area contributed by atoms with E-state index in [0.717, 1.165) is 0 Å². The van der Waals surface area contributed by atoms with Gasteiger partial charge in [-0.05, 0) is 48.0 Å². The number of nitrogens with one attached hydrogen (secondary N) is 1. The highest BCUT2D eigenvalue weighted by Gasteiger charge is 2.10. The van der Waals surface area contributed by atoms with Crippen molar-refractivity contribution in [2.45, 2.75) is 0 Å². The number of ether oxygens (including phenoxy) is 1. The molecule has 3 N–H and O–H groups in total. The number of primary amides is 1. The van der Waals surface area contributed by atoms with Gasteiger partial charge in [0.15, 0.2) is 6.61 Å². The van der Waals surface area contributed by atoms with Crippen molar-refractivity contribution in [2.75, 3.05) is 11.9 Å². The predicted molar refractivity (Wildman–Crippen MR) is 94.8 cm³/mol. The summed E-state index contributed by atoms with van der Waals surface area (Å²) in [6.07, 6.45) is 1.42. The van der Waals surface area contributed by atoms with Crippen LogP contribution in [0, 0.1) is 11.3 Å². The average Bonchev–Trinajstić information content (AvgIpc) is 2.60. The number of amides is 2. The van der Waals surface area contributed by atoms with E-state index in [1.54, 1.807) is 48.5 Å². The van der Waals surface area contributed by atoms with E-state index in [4.69, 9.17) is 22.1 Å². The zero-order valence-electron chi connectivity index (χ0n) is 13.0. The van der Waals surface area contributed by atoms with Crippen LogP contribution in [0.3, 0.4) is 0 Å². The fourth-order valence-electron chi connectivity index (χ4n) is 1.90. The van der Waals surface area contributed by atoms with E-state index in [2.05, 4.69) is 5.32 Å². The van der Waals surface area contributed by atoms with Gasteiger partial charge in [0.2, 0.25) is 0 Å². The lowest BCUT2D eigenvalue weighted by Gasteiger charge is -2.06. The van der Waals surface area contributed by atoms with Gasteiger partial charge in [-0.3, -0.25) is 9.59 Å². The molecular weight excluding hydrogens is 342 g/mol. The van der Waals surface area contributed by atoms with Crippen molar-refractivity contribution in [3.8, 4) is 11.8 Å². The largest absolute Gasteiger partial charge is 0.484 e. The molecule has 0 aliphatic carbocycles. The smallest absolute Gasteiger partial charge is 0.266 e. The Morgan fingerprint density at radius 1 is 1.24 bits per heavy atom. The Morgan fingerprint density at radius 3 is 2.60 bits per heavy atom. The molecule has 25 heavy (non-hydrogen) atoms. The Balaban J connectivity index is 2.14. The molecular formula is C18H14ClN3O3. The van der Waals surface area contributed by atoms with Gasteiger partial charge in [-0.1, -0.05) is 23.7 Å². The number of nitrogens with two attached hydrogens (primary N) is 1. The van der Waals surface area contributed by atoms with E-state index in [9.17, 15) is 14.9 Å². The number of hydrogen-bond acceptors (Lipinski definition) is 4. The molecule has 0 saturated carbocycles. The van der Waals surface area contributed by atoms with Gasteiger partial charge in [0.05, 0.1) is 0 Å². The van der Waals surface area contributed by atoms with Gasteiger partial charge < -0.3 is 15.8 Å². The van der Waals surface area contributed by atoms with E-state index in [1.165, 1.54) is 6.08 Å². The lowest BCUT2D eigenvalue weighted by Crippen LogP contribution is -2.20. The van der Waals surface area contributed by atoms with Crippen LogP contribution in [0.5, 0.6) is 5.75 Å². The highest BCUT2D eigenvalue weighted by atomic mass is 35.5. The standard InChI is InChI=1S/C18H14ClN3O3/c19-14-4-6-15(7-5-14)22-18(24)13(10-20)8-12-2-1-3-16(9-12)25-11-17(21)23/h1-9H,11H2,(H2,21,23)(H,22,24)/b13-8-. The maximum absolute atomic E-state index is 12.2. The summed E-state index contributed by atoms with van der Waals surface area (Å²) in [6, 6.07) is 15.0. The van der Waals surface area contributed by atoms with Crippen LogP contribution in [-0.4, -0.2) is 18.4 Å². The van der Waals surface area contributed by atoms with Gasteiger partial charge in [-0.2, -0.15) is 5.26 Å². The van der Waals surface area contributed by atoms with Crippen LogP contribution in [0.15, 0.2) is 54.1 Å². The fourth-order valence-corrected chi connectivity index (χ4v) is 2.02. The number of carbonyl (C=O) groups excluding carboxylic acids is 2. The molecule has 2 rings (SSSR count).